The van der Waals surface area contributed by atoms with Crippen LogP contribution in [0.5, 0.6) is 5.75 Å². The molecule has 0 spiro atoms. The monoisotopic (exact) mass is 368 g/mol. The van der Waals surface area contributed by atoms with E-state index in [4.69, 9.17) is 9.47 Å². The summed E-state index contributed by atoms with van der Waals surface area (Å²) in [6.07, 6.45) is 1.05. The molecule has 1 aliphatic rings. The quantitative estimate of drug-likeness (QED) is 0.728. The van der Waals surface area contributed by atoms with E-state index in [9.17, 15) is 4.79 Å². The Morgan fingerprint density at radius 2 is 1.96 bits per heavy atom. The molecule has 1 fully saturated rings. The summed E-state index contributed by atoms with van der Waals surface area (Å²) < 4.78 is 11.5. The zero-order valence-electron chi connectivity index (χ0n) is 15.9. The molecule has 0 bridgehead atoms. The molecule has 1 unspecified atom stereocenters. The standard InChI is InChI=1S/C22H28N2O3/c1-18-8-5-6-11-20(18)27-17-22(25)23-12-7-13-24-14-15-26-21(16-24)19-9-3-2-4-10-19/h2-6,8-11,21H,7,12-17H2,1H3,(H,23,25). The first kappa shape index (κ1) is 19.4. The van der Waals surface area contributed by atoms with E-state index in [0.29, 0.717) is 6.54 Å². The number of rotatable bonds is 8. The summed E-state index contributed by atoms with van der Waals surface area (Å²) in [5, 5.41) is 2.93. The molecule has 3 rings (SSSR count). The summed E-state index contributed by atoms with van der Waals surface area (Å²) in [6, 6.07) is 18.1. The SMILES string of the molecule is Cc1ccccc1OCC(=O)NCCCN1CCOC(c2ccccc2)C1. The Morgan fingerprint density at radius 3 is 2.78 bits per heavy atom. The number of hydrogen-bond donors (Lipinski definition) is 1. The summed E-state index contributed by atoms with van der Waals surface area (Å²) >= 11 is 0. The zero-order valence-corrected chi connectivity index (χ0v) is 15.9. The van der Waals surface area contributed by atoms with Crippen LogP contribution in [0.15, 0.2) is 54.6 Å². The molecular formula is C22H28N2O3. The highest BCUT2D eigenvalue weighted by Crippen LogP contribution is 2.21. The summed E-state index contributed by atoms with van der Waals surface area (Å²) in [6.45, 7) is 6.21. The zero-order chi connectivity index (χ0) is 18.9. The van der Waals surface area contributed by atoms with Crippen LogP contribution in [-0.2, 0) is 9.53 Å². The van der Waals surface area contributed by atoms with Gasteiger partial charge in [-0.15, -0.1) is 0 Å². The first-order valence-electron chi connectivity index (χ1n) is 9.56. The molecule has 5 nitrogen and oxygen atoms in total. The lowest BCUT2D eigenvalue weighted by Gasteiger charge is -2.33. The molecule has 1 saturated heterocycles. The minimum Gasteiger partial charge on any atom is -0.484 e. The number of amides is 1. The minimum absolute atomic E-state index is 0.0541. The van der Waals surface area contributed by atoms with Crippen molar-refractivity contribution in [2.75, 3.05) is 39.4 Å². The van der Waals surface area contributed by atoms with Crippen molar-refractivity contribution < 1.29 is 14.3 Å². The van der Waals surface area contributed by atoms with Gasteiger partial charge in [-0.3, -0.25) is 9.69 Å². The van der Waals surface area contributed by atoms with Crippen LogP contribution in [0.4, 0.5) is 0 Å². The third kappa shape index (κ3) is 6.08. The van der Waals surface area contributed by atoms with Gasteiger partial charge >= 0.3 is 0 Å². The predicted octanol–water partition coefficient (Wildman–Crippen LogP) is 2.95. The van der Waals surface area contributed by atoms with Crippen LogP contribution in [0.1, 0.15) is 23.7 Å². The molecule has 0 radical (unpaired) electrons. The van der Waals surface area contributed by atoms with Gasteiger partial charge in [-0.1, -0.05) is 48.5 Å². The molecule has 1 heterocycles. The third-order valence-corrected chi connectivity index (χ3v) is 4.75. The fourth-order valence-corrected chi connectivity index (χ4v) is 3.22. The second-order valence-corrected chi connectivity index (χ2v) is 6.83. The van der Waals surface area contributed by atoms with Crippen LogP contribution in [0.25, 0.3) is 0 Å². The van der Waals surface area contributed by atoms with Crippen molar-refractivity contribution in [3.63, 3.8) is 0 Å². The van der Waals surface area contributed by atoms with Crippen LogP contribution >= 0.6 is 0 Å². The highest BCUT2D eigenvalue weighted by molar-refractivity contribution is 5.77. The number of morpholine rings is 1. The molecule has 5 heteroatoms. The van der Waals surface area contributed by atoms with E-state index in [1.165, 1.54) is 5.56 Å². The highest BCUT2D eigenvalue weighted by Gasteiger charge is 2.21. The van der Waals surface area contributed by atoms with Gasteiger partial charge in [-0.05, 0) is 30.5 Å². The van der Waals surface area contributed by atoms with Crippen molar-refractivity contribution in [2.45, 2.75) is 19.4 Å². The van der Waals surface area contributed by atoms with Gasteiger partial charge in [0, 0.05) is 26.2 Å². The van der Waals surface area contributed by atoms with Crippen molar-refractivity contribution in [1.29, 1.82) is 0 Å². The minimum atomic E-state index is -0.0811. The molecule has 1 aliphatic heterocycles. The van der Waals surface area contributed by atoms with Crippen LogP contribution in [0.3, 0.4) is 0 Å². The van der Waals surface area contributed by atoms with E-state index >= 15 is 0 Å². The maximum atomic E-state index is 11.9. The van der Waals surface area contributed by atoms with Gasteiger partial charge in [0.05, 0.1) is 12.7 Å². The second kappa shape index (κ2) is 10.1. The van der Waals surface area contributed by atoms with Gasteiger partial charge in [0.15, 0.2) is 6.61 Å². The van der Waals surface area contributed by atoms with Gasteiger partial charge in [-0.2, -0.15) is 0 Å². The molecule has 1 amide bonds. The summed E-state index contributed by atoms with van der Waals surface area (Å²) in [5.74, 6) is 0.676. The number of nitrogens with one attached hydrogen (secondary N) is 1. The topological polar surface area (TPSA) is 50.8 Å². The number of hydrogen-bond acceptors (Lipinski definition) is 4. The molecule has 0 aromatic heterocycles. The summed E-state index contributed by atoms with van der Waals surface area (Å²) in [4.78, 5) is 14.3. The Hall–Kier alpha value is -2.37. The number of aryl methyl sites for hydroxylation is 1. The average Bonchev–Trinajstić information content (AvgIpc) is 2.71. The highest BCUT2D eigenvalue weighted by atomic mass is 16.5. The first-order valence-corrected chi connectivity index (χ1v) is 9.56. The van der Waals surface area contributed by atoms with E-state index < -0.39 is 0 Å². The molecule has 0 saturated carbocycles. The fourth-order valence-electron chi connectivity index (χ4n) is 3.22. The molecule has 2 aromatic rings. The Labute approximate surface area is 161 Å². The van der Waals surface area contributed by atoms with E-state index in [2.05, 4.69) is 22.3 Å². The fraction of sp³-hybridized carbons (Fsp3) is 0.409. The van der Waals surface area contributed by atoms with Gasteiger partial charge in [0.1, 0.15) is 5.75 Å². The third-order valence-electron chi connectivity index (χ3n) is 4.75. The van der Waals surface area contributed by atoms with Crippen LogP contribution in [-0.4, -0.2) is 50.2 Å². The van der Waals surface area contributed by atoms with Gasteiger partial charge in [-0.25, -0.2) is 0 Å². The number of carbonyl (C=O) groups is 1. The summed E-state index contributed by atoms with van der Waals surface area (Å²) in [7, 11) is 0. The van der Waals surface area contributed by atoms with Gasteiger partial charge < -0.3 is 14.8 Å². The Balaban J connectivity index is 1.32. The molecule has 27 heavy (non-hydrogen) atoms. The lowest BCUT2D eigenvalue weighted by Crippen LogP contribution is -2.40. The van der Waals surface area contributed by atoms with Crippen molar-refractivity contribution >= 4 is 5.91 Å². The maximum absolute atomic E-state index is 11.9. The molecule has 1 N–H and O–H groups in total. The number of nitrogens with zero attached hydrogens (tertiary/aromatic N) is 1. The van der Waals surface area contributed by atoms with Gasteiger partial charge in [0.25, 0.3) is 5.91 Å². The number of carbonyl (C=O) groups excluding carboxylic acids is 1. The maximum Gasteiger partial charge on any atom is 0.257 e. The van der Waals surface area contributed by atoms with Crippen LogP contribution in [0, 0.1) is 6.92 Å². The molecular weight excluding hydrogens is 340 g/mol. The van der Waals surface area contributed by atoms with Crippen molar-refractivity contribution in [3.8, 4) is 5.75 Å². The second-order valence-electron chi connectivity index (χ2n) is 6.83. The molecule has 144 valence electrons. The number of para-hydroxylation sites is 1. The normalized spacial score (nSPS) is 17.4. The number of benzene rings is 2. The van der Waals surface area contributed by atoms with Gasteiger partial charge in [0.2, 0.25) is 0 Å². The number of ether oxygens (including phenoxy) is 2. The van der Waals surface area contributed by atoms with Crippen molar-refractivity contribution in [3.05, 3.63) is 65.7 Å². The van der Waals surface area contributed by atoms with Crippen molar-refractivity contribution in [2.24, 2.45) is 0 Å². The molecule has 2 aromatic carbocycles. The van der Waals surface area contributed by atoms with E-state index in [0.717, 1.165) is 44.0 Å². The predicted molar refractivity (Wildman–Crippen MR) is 106 cm³/mol. The lowest BCUT2D eigenvalue weighted by molar-refractivity contribution is -0.123. The Kier molecular flexibility index (Phi) is 7.25. The average molecular weight is 368 g/mol. The van der Waals surface area contributed by atoms with Crippen LogP contribution in [0.2, 0.25) is 0 Å². The molecule has 0 aliphatic carbocycles. The largest absolute Gasteiger partial charge is 0.484 e. The molecule has 1 atom stereocenters. The van der Waals surface area contributed by atoms with E-state index in [1.807, 2.05) is 49.4 Å². The first-order chi connectivity index (χ1) is 13.2. The lowest BCUT2D eigenvalue weighted by atomic mass is 10.1. The van der Waals surface area contributed by atoms with Crippen molar-refractivity contribution in [1.82, 2.24) is 10.2 Å². The Morgan fingerprint density at radius 1 is 1.19 bits per heavy atom. The van der Waals surface area contributed by atoms with Crippen LogP contribution < -0.4 is 10.1 Å². The smallest absolute Gasteiger partial charge is 0.257 e. The van der Waals surface area contributed by atoms with E-state index in [1.54, 1.807) is 0 Å². The summed E-state index contributed by atoms with van der Waals surface area (Å²) in [5.41, 5.74) is 2.26. The Bertz CT molecular complexity index is 721. The van der Waals surface area contributed by atoms with E-state index in [-0.39, 0.29) is 18.6 Å².